The topological polar surface area (TPSA) is 94.3 Å². The molecule has 0 fully saturated rings. The second kappa shape index (κ2) is 10.4. The van der Waals surface area contributed by atoms with Crippen LogP contribution in [0.3, 0.4) is 0 Å². The number of nitrogens with one attached hydrogen (secondary N) is 2. The van der Waals surface area contributed by atoms with Gasteiger partial charge in [-0.05, 0) is 18.2 Å². The van der Waals surface area contributed by atoms with E-state index in [1.165, 1.54) is 6.07 Å². The van der Waals surface area contributed by atoms with Gasteiger partial charge in [0.05, 0.1) is 0 Å². The summed E-state index contributed by atoms with van der Waals surface area (Å²) in [4.78, 5) is 4.15. The SMILES string of the molecule is CN=C(NCCc1nnc2ccccn12)NCc1cc2c(cc1OC(F)F)OCO2.I. The van der Waals surface area contributed by atoms with Crippen molar-refractivity contribution in [2.45, 2.75) is 19.6 Å². The molecule has 0 amide bonds. The normalized spacial score (nSPS) is 12.7. The van der Waals surface area contributed by atoms with Crippen LogP contribution in [0.5, 0.6) is 17.2 Å². The summed E-state index contributed by atoms with van der Waals surface area (Å²) in [5, 5.41) is 14.6. The highest BCUT2D eigenvalue weighted by atomic mass is 127. The van der Waals surface area contributed by atoms with Crippen molar-refractivity contribution in [1.29, 1.82) is 0 Å². The second-order valence-corrected chi connectivity index (χ2v) is 6.34. The third-order valence-corrected chi connectivity index (χ3v) is 4.47. The Labute approximate surface area is 193 Å². The highest BCUT2D eigenvalue weighted by molar-refractivity contribution is 14.0. The van der Waals surface area contributed by atoms with E-state index in [9.17, 15) is 8.78 Å². The Morgan fingerprint density at radius 1 is 1.23 bits per heavy atom. The van der Waals surface area contributed by atoms with Gasteiger partial charge in [0.1, 0.15) is 11.6 Å². The maximum atomic E-state index is 12.8. The quantitative estimate of drug-likeness (QED) is 0.268. The Morgan fingerprint density at radius 3 is 2.81 bits per heavy atom. The maximum absolute atomic E-state index is 12.8. The number of pyridine rings is 1. The van der Waals surface area contributed by atoms with Gasteiger partial charge in [-0.15, -0.1) is 34.2 Å². The van der Waals surface area contributed by atoms with E-state index in [4.69, 9.17) is 9.47 Å². The average Bonchev–Trinajstić information content (AvgIpc) is 3.36. The summed E-state index contributed by atoms with van der Waals surface area (Å²) >= 11 is 0. The Balaban J connectivity index is 0.00000272. The van der Waals surface area contributed by atoms with Crippen LogP contribution in [0.1, 0.15) is 11.4 Å². The van der Waals surface area contributed by atoms with Crippen LogP contribution in [0.25, 0.3) is 5.65 Å². The largest absolute Gasteiger partial charge is 0.454 e. The fraction of sp³-hybridized carbons (Fsp3) is 0.316. The molecule has 31 heavy (non-hydrogen) atoms. The Morgan fingerprint density at radius 2 is 2.03 bits per heavy atom. The molecule has 0 spiro atoms. The number of nitrogens with zero attached hydrogens (tertiary/aromatic N) is 4. The Kier molecular flexibility index (Phi) is 7.65. The van der Waals surface area contributed by atoms with Crippen LogP contribution in [0.4, 0.5) is 8.78 Å². The van der Waals surface area contributed by atoms with Gasteiger partial charge in [0.2, 0.25) is 6.79 Å². The van der Waals surface area contributed by atoms with E-state index in [0.29, 0.717) is 36.0 Å². The molecular formula is C19H21F2IN6O3. The Bertz CT molecular complexity index is 1060. The first-order valence-corrected chi connectivity index (χ1v) is 9.24. The van der Waals surface area contributed by atoms with E-state index >= 15 is 0 Å². The number of hydrogen-bond donors (Lipinski definition) is 2. The molecule has 0 saturated heterocycles. The molecule has 166 valence electrons. The predicted octanol–water partition coefficient (Wildman–Crippen LogP) is 2.59. The van der Waals surface area contributed by atoms with Crippen molar-refractivity contribution in [3.8, 4) is 17.2 Å². The van der Waals surface area contributed by atoms with E-state index in [2.05, 4.69) is 30.6 Å². The van der Waals surface area contributed by atoms with Gasteiger partial charge in [0.15, 0.2) is 23.1 Å². The van der Waals surface area contributed by atoms with Crippen molar-refractivity contribution in [3.63, 3.8) is 0 Å². The number of halogens is 3. The van der Waals surface area contributed by atoms with Gasteiger partial charge in [-0.2, -0.15) is 8.78 Å². The molecule has 1 aliphatic rings. The molecular weight excluding hydrogens is 525 g/mol. The highest BCUT2D eigenvalue weighted by Crippen LogP contribution is 2.38. The first-order chi connectivity index (χ1) is 14.6. The third-order valence-electron chi connectivity index (χ3n) is 4.47. The molecule has 0 bridgehead atoms. The van der Waals surface area contributed by atoms with Crippen LogP contribution in [0.15, 0.2) is 41.5 Å². The number of benzene rings is 1. The molecule has 0 unspecified atom stereocenters. The summed E-state index contributed by atoms with van der Waals surface area (Å²) in [6.45, 7) is -2.15. The zero-order valence-corrected chi connectivity index (χ0v) is 18.9. The molecule has 2 aromatic heterocycles. The van der Waals surface area contributed by atoms with E-state index < -0.39 is 6.61 Å². The number of guanidine groups is 1. The lowest BCUT2D eigenvalue weighted by Gasteiger charge is -2.15. The van der Waals surface area contributed by atoms with Gasteiger partial charge in [0.25, 0.3) is 0 Å². The molecule has 9 nitrogen and oxygen atoms in total. The van der Waals surface area contributed by atoms with Crippen molar-refractivity contribution in [2.75, 3.05) is 20.4 Å². The van der Waals surface area contributed by atoms with Crippen molar-refractivity contribution in [2.24, 2.45) is 4.99 Å². The van der Waals surface area contributed by atoms with Crippen molar-refractivity contribution in [3.05, 3.63) is 47.9 Å². The summed E-state index contributed by atoms with van der Waals surface area (Å²) in [7, 11) is 1.62. The number of fused-ring (bicyclic) bond motifs is 2. The summed E-state index contributed by atoms with van der Waals surface area (Å²) in [5.74, 6) is 2.20. The number of alkyl halides is 2. The van der Waals surface area contributed by atoms with Crippen molar-refractivity contribution < 1.29 is 23.0 Å². The van der Waals surface area contributed by atoms with Crippen LogP contribution < -0.4 is 24.8 Å². The maximum Gasteiger partial charge on any atom is 0.387 e. The Hall–Kier alpha value is -2.90. The molecule has 0 radical (unpaired) electrons. The van der Waals surface area contributed by atoms with Gasteiger partial charge < -0.3 is 24.8 Å². The van der Waals surface area contributed by atoms with Crippen molar-refractivity contribution >= 4 is 35.6 Å². The van der Waals surface area contributed by atoms with E-state index in [-0.39, 0.29) is 43.1 Å². The number of aliphatic imine (C=N–C) groups is 1. The van der Waals surface area contributed by atoms with Crippen LogP contribution >= 0.6 is 24.0 Å². The highest BCUT2D eigenvalue weighted by Gasteiger charge is 2.20. The van der Waals surface area contributed by atoms with Crippen LogP contribution in [0.2, 0.25) is 0 Å². The smallest absolute Gasteiger partial charge is 0.387 e. The zero-order valence-electron chi connectivity index (χ0n) is 16.5. The lowest BCUT2D eigenvalue weighted by molar-refractivity contribution is -0.0505. The minimum absolute atomic E-state index is 0. The lowest BCUT2D eigenvalue weighted by Crippen LogP contribution is -2.38. The summed E-state index contributed by atoms with van der Waals surface area (Å²) in [5.41, 5.74) is 1.27. The first kappa shape index (κ1) is 22.8. The molecule has 3 heterocycles. The van der Waals surface area contributed by atoms with E-state index in [0.717, 1.165) is 11.5 Å². The van der Waals surface area contributed by atoms with Gasteiger partial charge in [-0.1, -0.05) is 6.07 Å². The molecule has 0 aliphatic carbocycles. The molecule has 0 saturated carbocycles. The fourth-order valence-corrected chi connectivity index (χ4v) is 3.06. The molecule has 0 atom stereocenters. The molecule has 1 aliphatic heterocycles. The zero-order chi connectivity index (χ0) is 20.9. The molecule has 3 aromatic rings. The standard InChI is InChI=1S/C19H20F2N6O3.HI/c1-22-19(23-6-5-17-26-25-16-4-2-3-7-27(16)17)24-10-12-8-14-15(29-11-28-14)9-13(12)30-18(20)21;/h2-4,7-9,18H,5-6,10-11H2,1H3,(H2,22,23,24);1H. The molecule has 12 heteroatoms. The summed E-state index contributed by atoms with van der Waals surface area (Å²) in [6, 6.07) is 8.72. The second-order valence-electron chi connectivity index (χ2n) is 6.34. The number of hydrogen-bond acceptors (Lipinski definition) is 6. The third kappa shape index (κ3) is 5.42. The number of aromatic nitrogens is 3. The minimum atomic E-state index is -2.94. The van der Waals surface area contributed by atoms with Gasteiger partial charge in [-0.3, -0.25) is 9.39 Å². The lowest BCUT2D eigenvalue weighted by atomic mass is 10.1. The van der Waals surface area contributed by atoms with Crippen molar-refractivity contribution in [1.82, 2.24) is 25.2 Å². The van der Waals surface area contributed by atoms with Crippen LogP contribution in [-0.4, -0.2) is 47.6 Å². The summed E-state index contributed by atoms with van der Waals surface area (Å²) in [6.07, 6.45) is 2.53. The first-order valence-electron chi connectivity index (χ1n) is 9.24. The number of rotatable bonds is 7. The fourth-order valence-electron chi connectivity index (χ4n) is 3.06. The molecule has 2 N–H and O–H groups in total. The predicted molar refractivity (Wildman–Crippen MR) is 120 cm³/mol. The van der Waals surface area contributed by atoms with Gasteiger partial charge in [0, 0.05) is 44.4 Å². The monoisotopic (exact) mass is 546 g/mol. The van der Waals surface area contributed by atoms with Gasteiger partial charge >= 0.3 is 6.61 Å². The van der Waals surface area contributed by atoms with E-state index in [1.807, 2.05) is 28.8 Å². The summed E-state index contributed by atoms with van der Waals surface area (Å²) < 4.78 is 42.6. The van der Waals surface area contributed by atoms with Crippen LogP contribution in [-0.2, 0) is 13.0 Å². The van der Waals surface area contributed by atoms with E-state index in [1.54, 1.807) is 13.1 Å². The molecule has 4 rings (SSSR count). The minimum Gasteiger partial charge on any atom is -0.454 e. The number of ether oxygens (including phenoxy) is 3. The average molecular weight is 546 g/mol. The molecule has 1 aromatic carbocycles. The van der Waals surface area contributed by atoms with Gasteiger partial charge in [-0.25, -0.2) is 0 Å². The van der Waals surface area contributed by atoms with Crippen LogP contribution in [0, 0.1) is 0 Å².